The summed E-state index contributed by atoms with van der Waals surface area (Å²) < 4.78 is 5.00. The number of esters is 1. The molecule has 1 aromatic carbocycles. The summed E-state index contributed by atoms with van der Waals surface area (Å²) in [5.41, 5.74) is 0.236. The summed E-state index contributed by atoms with van der Waals surface area (Å²) >= 11 is 12.2. The van der Waals surface area contributed by atoms with Crippen molar-refractivity contribution in [2.24, 2.45) is 0 Å². The minimum absolute atomic E-state index is 0.0678. The molecule has 24 heavy (non-hydrogen) atoms. The van der Waals surface area contributed by atoms with E-state index in [1.165, 1.54) is 32.3 Å². The summed E-state index contributed by atoms with van der Waals surface area (Å²) in [6.45, 7) is 4.60. The Bertz CT molecular complexity index is 700. The van der Waals surface area contributed by atoms with Crippen molar-refractivity contribution < 1.29 is 19.1 Å². The van der Waals surface area contributed by atoms with E-state index in [4.69, 9.17) is 27.9 Å². The number of halogens is 2. The van der Waals surface area contributed by atoms with Gasteiger partial charge >= 0.3 is 5.97 Å². The SMILES string of the molecule is CNC(=O)c1c(Cl)ccc(NC=C(C(C)=O)C(=O)OC(C)C)c1Cl. The molecule has 2 N–H and O–H groups in total. The van der Waals surface area contributed by atoms with Crippen molar-refractivity contribution >= 4 is 46.5 Å². The first kappa shape index (κ1) is 20.0. The first-order valence-electron chi connectivity index (χ1n) is 7.07. The second-order valence-corrected chi connectivity index (χ2v) is 5.86. The number of ether oxygens (including phenoxy) is 1. The largest absolute Gasteiger partial charge is 0.459 e. The lowest BCUT2D eigenvalue weighted by atomic mass is 10.1. The lowest BCUT2D eigenvalue weighted by Gasteiger charge is -2.12. The molecule has 8 heteroatoms. The highest BCUT2D eigenvalue weighted by atomic mass is 35.5. The predicted octanol–water partition coefficient (Wildman–Crippen LogP) is 3.19. The first-order valence-corrected chi connectivity index (χ1v) is 7.83. The molecule has 1 amide bonds. The number of rotatable bonds is 6. The zero-order valence-electron chi connectivity index (χ0n) is 13.7. The number of hydrogen-bond donors (Lipinski definition) is 2. The highest BCUT2D eigenvalue weighted by Gasteiger charge is 2.19. The van der Waals surface area contributed by atoms with Gasteiger partial charge in [-0.25, -0.2) is 4.79 Å². The molecule has 0 aliphatic rings. The fraction of sp³-hybridized carbons (Fsp3) is 0.312. The van der Waals surface area contributed by atoms with E-state index in [0.29, 0.717) is 5.69 Å². The van der Waals surface area contributed by atoms with Gasteiger partial charge in [-0.05, 0) is 32.9 Å². The summed E-state index contributed by atoms with van der Waals surface area (Å²) in [6, 6.07) is 3.01. The van der Waals surface area contributed by atoms with Crippen LogP contribution in [0.2, 0.25) is 10.0 Å². The van der Waals surface area contributed by atoms with E-state index >= 15 is 0 Å². The maximum atomic E-state index is 11.9. The van der Waals surface area contributed by atoms with Gasteiger partial charge in [-0.15, -0.1) is 0 Å². The molecule has 6 nitrogen and oxygen atoms in total. The highest BCUT2D eigenvalue weighted by Crippen LogP contribution is 2.31. The number of nitrogens with one attached hydrogen (secondary N) is 2. The zero-order valence-corrected chi connectivity index (χ0v) is 15.2. The lowest BCUT2D eigenvalue weighted by molar-refractivity contribution is -0.143. The Morgan fingerprint density at radius 2 is 1.83 bits per heavy atom. The Hall–Kier alpha value is -2.05. The maximum Gasteiger partial charge on any atom is 0.343 e. The van der Waals surface area contributed by atoms with Gasteiger partial charge in [0.05, 0.1) is 27.4 Å². The third kappa shape index (κ3) is 4.97. The molecule has 0 spiro atoms. The van der Waals surface area contributed by atoms with Crippen LogP contribution in [0.3, 0.4) is 0 Å². The van der Waals surface area contributed by atoms with Crippen LogP contribution in [0.1, 0.15) is 31.1 Å². The van der Waals surface area contributed by atoms with Crippen molar-refractivity contribution in [3.05, 3.63) is 39.5 Å². The first-order chi connectivity index (χ1) is 11.2. The molecule has 0 unspecified atom stereocenters. The molecule has 0 saturated carbocycles. The number of carbonyl (C=O) groups excluding carboxylic acids is 3. The number of hydrogen-bond acceptors (Lipinski definition) is 5. The van der Waals surface area contributed by atoms with Crippen LogP contribution in [-0.2, 0) is 14.3 Å². The van der Waals surface area contributed by atoms with Crippen LogP contribution in [0, 0.1) is 0 Å². The fourth-order valence-corrected chi connectivity index (χ4v) is 2.33. The minimum atomic E-state index is -0.749. The number of benzene rings is 1. The topological polar surface area (TPSA) is 84.5 Å². The Labute approximate surface area is 150 Å². The summed E-state index contributed by atoms with van der Waals surface area (Å²) in [6.07, 6.45) is 0.828. The molecule has 0 aliphatic heterocycles. The van der Waals surface area contributed by atoms with Crippen LogP contribution in [-0.4, -0.2) is 30.8 Å². The lowest BCUT2D eigenvalue weighted by Crippen LogP contribution is -2.20. The van der Waals surface area contributed by atoms with Gasteiger partial charge in [0.2, 0.25) is 0 Å². The van der Waals surface area contributed by atoms with Gasteiger partial charge in [0.1, 0.15) is 5.57 Å². The van der Waals surface area contributed by atoms with Crippen molar-refractivity contribution in [1.82, 2.24) is 5.32 Å². The van der Waals surface area contributed by atoms with Crippen molar-refractivity contribution in [2.45, 2.75) is 26.9 Å². The van der Waals surface area contributed by atoms with E-state index in [1.54, 1.807) is 13.8 Å². The average molecular weight is 373 g/mol. The highest BCUT2D eigenvalue weighted by molar-refractivity contribution is 6.41. The molecule has 0 bridgehead atoms. The van der Waals surface area contributed by atoms with Gasteiger partial charge in [0.25, 0.3) is 5.91 Å². The van der Waals surface area contributed by atoms with Gasteiger partial charge in [-0.2, -0.15) is 0 Å². The van der Waals surface area contributed by atoms with Crippen molar-refractivity contribution in [1.29, 1.82) is 0 Å². The standard InChI is InChI=1S/C16H18Cl2N2O4/c1-8(2)24-16(23)10(9(3)21)7-20-12-6-5-11(17)13(14(12)18)15(22)19-4/h5-8,20H,1-4H3,(H,19,22). The summed E-state index contributed by atoms with van der Waals surface area (Å²) in [5, 5.41) is 5.42. The van der Waals surface area contributed by atoms with Gasteiger partial charge in [-0.1, -0.05) is 23.2 Å². The van der Waals surface area contributed by atoms with E-state index in [9.17, 15) is 14.4 Å². The third-order valence-corrected chi connectivity index (χ3v) is 3.57. The smallest absolute Gasteiger partial charge is 0.343 e. The number of amides is 1. The van der Waals surface area contributed by atoms with Gasteiger partial charge in [-0.3, -0.25) is 9.59 Å². The summed E-state index contributed by atoms with van der Waals surface area (Å²) in [5.74, 6) is -1.67. The Balaban J connectivity index is 3.17. The Morgan fingerprint density at radius 3 is 2.33 bits per heavy atom. The molecule has 130 valence electrons. The van der Waals surface area contributed by atoms with Gasteiger partial charge in [0, 0.05) is 13.2 Å². The Kier molecular flexibility index (Phi) is 7.25. The predicted molar refractivity (Wildman–Crippen MR) is 93.5 cm³/mol. The molecular weight excluding hydrogens is 355 g/mol. The second kappa shape index (κ2) is 8.70. The second-order valence-electron chi connectivity index (χ2n) is 5.08. The molecule has 0 heterocycles. The van der Waals surface area contributed by atoms with E-state index in [1.807, 2.05) is 0 Å². The van der Waals surface area contributed by atoms with E-state index in [0.717, 1.165) is 0 Å². The van der Waals surface area contributed by atoms with Crippen LogP contribution >= 0.6 is 23.2 Å². The molecular formula is C16H18Cl2N2O4. The minimum Gasteiger partial charge on any atom is -0.459 e. The normalized spacial score (nSPS) is 11.2. The van der Waals surface area contributed by atoms with Crippen LogP contribution < -0.4 is 10.6 Å². The molecule has 0 aromatic heterocycles. The van der Waals surface area contributed by atoms with Crippen molar-refractivity contribution in [3.63, 3.8) is 0 Å². The zero-order chi connectivity index (χ0) is 18.4. The van der Waals surface area contributed by atoms with Gasteiger partial charge < -0.3 is 15.4 Å². The molecule has 0 aliphatic carbocycles. The number of ketones is 1. The maximum absolute atomic E-state index is 11.9. The average Bonchev–Trinajstić information content (AvgIpc) is 2.48. The number of carbonyl (C=O) groups is 3. The van der Waals surface area contributed by atoms with Crippen LogP contribution in [0.4, 0.5) is 5.69 Å². The van der Waals surface area contributed by atoms with Crippen LogP contribution in [0.15, 0.2) is 23.9 Å². The summed E-state index contributed by atoms with van der Waals surface area (Å²) in [7, 11) is 1.45. The molecule has 0 atom stereocenters. The van der Waals surface area contributed by atoms with Crippen LogP contribution in [0.25, 0.3) is 0 Å². The molecule has 0 radical (unpaired) electrons. The molecule has 0 saturated heterocycles. The third-order valence-electron chi connectivity index (χ3n) is 2.86. The summed E-state index contributed by atoms with van der Waals surface area (Å²) in [4.78, 5) is 35.4. The Morgan fingerprint density at radius 1 is 1.21 bits per heavy atom. The quantitative estimate of drug-likeness (QED) is 0.346. The van der Waals surface area contributed by atoms with Gasteiger partial charge in [0.15, 0.2) is 5.78 Å². The molecule has 1 aromatic rings. The van der Waals surface area contributed by atoms with Crippen molar-refractivity contribution in [3.8, 4) is 0 Å². The fourth-order valence-electron chi connectivity index (χ4n) is 1.73. The van der Waals surface area contributed by atoms with E-state index in [-0.39, 0.29) is 27.3 Å². The van der Waals surface area contributed by atoms with E-state index < -0.39 is 17.7 Å². The van der Waals surface area contributed by atoms with Crippen molar-refractivity contribution in [2.75, 3.05) is 12.4 Å². The van der Waals surface area contributed by atoms with E-state index in [2.05, 4.69) is 10.6 Å². The molecule has 1 rings (SSSR count). The number of anilines is 1. The monoisotopic (exact) mass is 372 g/mol. The number of Topliss-reactive ketones (excluding diaryl/α,β-unsaturated/α-hetero) is 1. The van der Waals surface area contributed by atoms with Crippen LogP contribution in [0.5, 0.6) is 0 Å². The molecule has 0 fully saturated rings.